The Morgan fingerprint density at radius 3 is 2.25 bits per heavy atom. The third kappa shape index (κ3) is 2.01. The quantitative estimate of drug-likeness (QED) is 0.765. The SMILES string of the molecule is COc1ccc(-c2ccc(C#N)nc2)cc1. The Labute approximate surface area is 93.9 Å². The van der Waals surface area contributed by atoms with Gasteiger partial charge in [0.15, 0.2) is 0 Å². The summed E-state index contributed by atoms with van der Waals surface area (Å²) in [4.78, 5) is 4.02. The predicted molar refractivity (Wildman–Crippen MR) is 60.9 cm³/mol. The molecule has 0 unspecified atom stereocenters. The summed E-state index contributed by atoms with van der Waals surface area (Å²) in [6, 6.07) is 13.3. The number of pyridine rings is 1. The van der Waals surface area contributed by atoms with E-state index in [4.69, 9.17) is 10.00 Å². The summed E-state index contributed by atoms with van der Waals surface area (Å²) in [6.07, 6.45) is 1.69. The average Bonchev–Trinajstić information content (AvgIpc) is 2.39. The van der Waals surface area contributed by atoms with Gasteiger partial charge < -0.3 is 4.74 Å². The van der Waals surface area contributed by atoms with Gasteiger partial charge in [0.05, 0.1) is 7.11 Å². The summed E-state index contributed by atoms with van der Waals surface area (Å²) >= 11 is 0. The topological polar surface area (TPSA) is 45.9 Å². The first kappa shape index (κ1) is 10.2. The maximum atomic E-state index is 8.64. The first-order valence-corrected chi connectivity index (χ1v) is 4.84. The highest BCUT2D eigenvalue weighted by atomic mass is 16.5. The Kier molecular flexibility index (Phi) is 2.84. The van der Waals surface area contributed by atoms with Crippen molar-refractivity contribution in [2.24, 2.45) is 0 Å². The Balaban J connectivity index is 2.32. The summed E-state index contributed by atoms with van der Waals surface area (Å²) in [6.45, 7) is 0. The van der Waals surface area contributed by atoms with E-state index < -0.39 is 0 Å². The van der Waals surface area contributed by atoms with Crippen LogP contribution in [0.2, 0.25) is 0 Å². The van der Waals surface area contributed by atoms with Crippen LogP contribution in [0, 0.1) is 11.3 Å². The van der Waals surface area contributed by atoms with Gasteiger partial charge in [-0.2, -0.15) is 5.26 Å². The number of aromatic nitrogens is 1. The van der Waals surface area contributed by atoms with Gasteiger partial charge in [-0.1, -0.05) is 12.1 Å². The van der Waals surface area contributed by atoms with Crippen molar-refractivity contribution in [1.29, 1.82) is 5.26 Å². The van der Waals surface area contributed by atoms with Gasteiger partial charge in [0.2, 0.25) is 0 Å². The molecule has 2 rings (SSSR count). The van der Waals surface area contributed by atoms with Crippen LogP contribution in [-0.4, -0.2) is 12.1 Å². The fraction of sp³-hybridized carbons (Fsp3) is 0.0769. The van der Waals surface area contributed by atoms with Gasteiger partial charge in [0.1, 0.15) is 17.5 Å². The van der Waals surface area contributed by atoms with Crippen molar-refractivity contribution < 1.29 is 4.74 Å². The monoisotopic (exact) mass is 210 g/mol. The number of rotatable bonds is 2. The van der Waals surface area contributed by atoms with Crippen molar-refractivity contribution in [1.82, 2.24) is 4.98 Å². The van der Waals surface area contributed by atoms with Crippen LogP contribution in [0.4, 0.5) is 0 Å². The molecule has 0 aliphatic rings. The van der Waals surface area contributed by atoms with Crippen molar-refractivity contribution in [2.45, 2.75) is 0 Å². The molecule has 2 aromatic rings. The van der Waals surface area contributed by atoms with Gasteiger partial charge in [-0.25, -0.2) is 4.98 Å². The summed E-state index contributed by atoms with van der Waals surface area (Å²) in [5.41, 5.74) is 2.47. The molecule has 0 bridgehead atoms. The standard InChI is InChI=1S/C13H10N2O/c1-16-13-6-3-10(4-7-13)11-2-5-12(8-14)15-9-11/h2-7,9H,1H3. The molecule has 1 aromatic heterocycles. The molecule has 1 aromatic carbocycles. The Hall–Kier alpha value is -2.34. The van der Waals surface area contributed by atoms with Crippen LogP contribution in [-0.2, 0) is 0 Å². The van der Waals surface area contributed by atoms with E-state index in [1.165, 1.54) is 0 Å². The zero-order valence-corrected chi connectivity index (χ0v) is 8.84. The summed E-state index contributed by atoms with van der Waals surface area (Å²) in [5, 5.41) is 8.64. The lowest BCUT2D eigenvalue weighted by molar-refractivity contribution is 0.415. The van der Waals surface area contributed by atoms with Crippen LogP contribution in [0.15, 0.2) is 42.6 Å². The number of ether oxygens (including phenoxy) is 1. The van der Waals surface area contributed by atoms with Crippen molar-refractivity contribution in [3.63, 3.8) is 0 Å². The number of hydrogen-bond acceptors (Lipinski definition) is 3. The molecule has 0 N–H and O–H groups in total. The fourth-order valence-electron chi connectivity index (χ4n) is 1.41. The van der Waals surface area contributed by atoms with Gasteiger partial charge >= 0.3 is 0 Å². The van der Waals surface area contributed by atoms with E-state index in [0.29, 0.717) is 5.69 Å². The Bertz CT molecular complexity index is 509. The van der Waals surface area contributed by atoms with Gasteiger partial charge in [0, 0.05) is 11.8 Å². The maximum absolute atomic E-state index is 8.64. The first-order chi connectivity index (χ1) is 7.83. The molecule has 0 amide bonds. The van der Waals surface area contributed by atoms with Crippen LogP contribution in [0.5, 0.6) is 5.75 Å². The molecule has 3 heteroatoms. The molecule has 0 saturated carbocycles. The molecule has 0 fully saturated rings. The molecule has 0 aliphatic carbocycles. The van der Waals surface area contributed by atoms with E-state index in [9.17, 15) is 0 Å². The molecule has 16 heavy (non-hydrogen) atoms. The van der Waals surface area contributed by atoms with E-state index in [1.54, 1.807) is 19.4 Å². The van der Waals surface area contributed by atoms with Crippen LogP contribution in [0.25, 0.3) is 11.1 Å². The molecule has 0 radical (unpaired) electrons. The highest BCUT2D eigenvalue weighted by Gasteiger charge is 1.99. The number of nitriles is 1. The zero-order chi connectivity index (χ0) is 11.4. The van der Waals surface area contributed by atoms with E-state index in [2.05, 4.69) is 4.98 Å². The van der Waals surface area contributed by atoms with E-state index in [1.807, 2.05) is 36.4 Å². The normalized spacial score (nSPS) is 9.50. The minimum Gasteiger partial charge on any atom is -0.497 e. The molecule has 3 nitrogen and oxygen atoms in total. The van der Waals surface area contributed by atoms with Gasteiger partial charge in [-0.05, 0) is 29.8 Å². The third-order valence-corrected chi connectivity index (χ3v) is 2.30. The number of benzene rings is 1. The first-order valence-electron chi connectivity index (χ1n) is 4.84. The highest BCUT2D eigenvalue weighted by molar-refractivity contribution is 5.63. The number of methoxy groups -OCH3 is 1. The molecule has 0 spiro atoms. The van der Waals surface area contributed by atoms with Gasteiger partial charge in [-0.15, -0.1) is 0 Å². The molecular formula is C13H10N2O. The Morgan fingerprint density at radius 2 is 1.75 bits per heavy atom. The van der Waals surface area contributed by atoms with Crippen molar-refractivity contribution in [3.05, 3.63) is 48.3 Å². The number of hydrogen-bond donors (Lipinski definition) is 0. The average molecular weight is 210 g/mol. The molecule has 0 saturated heterocycles. The van der Waals surface area contributed by atoms with Gasteiger partial charge in [-0.3, -0.25) is 0 Å². The third-order valence-electron chi connectivity index (χ3n) is 2.30. The van der Waals surface area contributed by atoms with Crippen LogP contribution in [0.1, 0.15) is 5.69 Å². The number of nitrogens with zero attached hydrogens (tertiary/aromatic N) is 2. The lowest BCUT2D eigenvalue weighted by Crippen LogP contribution is -1.85. The second-order valence-electron chi connectivity index (χ2n) is 3.27. The predicted octanol–water partition coefficient (Wildman–Crippen LogP) is 2.63. The van der Waals surface area contributed by atoms with Gasteiger partial charge in [0.25, 0.3) is 0 Å². The minimum absolute atomic E-state index is 0.428. The van der Waals surface area contributed by atoms with E-state index in [-0.39, 0.29) is 0 Å². The second-order valence-corrected chi connectivity index (χ2v) is 3.27. The summed E-state index contributed by atoms with van der Waals surface area (Å²) in [7, 11) is 1.64. The van der Waals surface area contributed by atoms with Crippen LogP contribution in [0.3, 0.4) is 0 Å². The van der Waals surface area contributed by atoms with E-state index >= 15 is 0 Å². The molecular weight excluding hydrogens is 200 g/mol. The largest absolute Gasteiger partial charge is 0.497 e. The minimum atomic E-state index is 0.428. The molecule has 1 heterocycles. The van der Waals surface area contributed by atoms with Crippen molar-refractivity contribution in [3.8, 4) is 22.9 Å². The molecule has 0 aliphatic heterocycles. The Morgan fingerprint density at radius 1 is 1.06 bits per heavy atom. The lowest BCUT2D eigenvalue weighted by atomic mass is 10.1. The lowest BCUT2D eigenvalue weighted by Gasteiger charge is -2.03. The van der Waals surface area contributed by atoms with Crippen molar-refractivity contribution >= 4 is 0 Å². The van der Waals surface area contributed by atoms with E-state index in [0.717, 1.165) is 16.9 Å². The van der Waals surface area contributed by atoms with Crippen LogP contribution < -0.4 is 4.74 Å². The maximum Gasteiger partial charge on any atom is 0.140 e. The second kappa shape index (κ2) is 4.45. The van der Waals surface area contributed by atoms with Crippen molar-refractivity contribution in [2.75, 3.05) is 7.11 Å². The zero-order valence-electron chi connectivity index (χ0n) is 8.84. The molecule has 78 valence electrons. The molecule has 0 atom stereocenters. The highest BCUT2D eigenvalue weighted by Crippen LogP contribution is 2.21. The smallest absolute Gasteiger partial charge is 0.140 e. The summed E-state index contributed by atoms with van der Waals surface area (Å²) < 4.78 is 5.08. The van der Waals surface area contributed by atoms with Crippen LogP contribution >= 0.6 is 0 Å². The summed E-state index contributed by atoms with van der Waals surface area (Å²) in [5.74, 6) is 0.824. The fourth-order valence-corrected chi connectivity index (χ4v) is 1.41.